The van der Waals surface area contributed by atoms with Crippen molar-refractivity contribution < 1.29 is 40.6 Å². The van der Waals surface area contributed by atoms with E-state index in [0.29, 0.717) is 18.5 Å². The molecule has 4 atom stereocenters. The van der Waals surface area contributed by atoms with Crippen molar-refractivity contribution in [1.29, 1.82) is 0 Å². The highest BCUT2D eigenvalue weighted by molar-refractivity contribution is 5.67. The molecule has 3 N–H and O–H groups in total. The maximum Gasteiger partial charge on any atom is 0.522 e. The van der Waals surface area contributed by atoms with Gasteiger partial charge >= 0.3 is 12.5 Å². The van der Waals surface area contributed by atoms with Crippen molar-refractivity contribution >= 4 is 18.1 Å². The largest absolute Gasteiger partial charge is 0.522 e. The first kappa shape index (κ1) is 27.6. The lowest BCUT2D eigenvalue weighted by Crippen LogP contribution is -2.37. The van der Waals surface area contributed by atoms with Gasteiger partial charge in [0, 0.05) is 30.8 Å². The molecule has 38 heavy (non-hydrogen) atoms. The van der Waals surface area contributed by atoms with Crippen molar-refractivity contribution in [3.63, 3.8) is 0 Å². The van der Waals surface area contributed by atoms with E-state index in [-0.39, 0.29) is 23.2 Å². The van der Waals surface area contributed by atoms with Crippen molar-refractivity contribution in [2.45, 2.75) is 76.5 Å². The molecule has 1 aliphatic carbocycles. The van der Waals surface area contributed by atoms with E-state index in [1.54, 1.807) is 13.8 Å². The third-order valence-electron chi connectivity index (χ3n) is 6.20. The minimum absolute atomic E-state index is 0.120. The number of fused-ring (bicyclic) bond motifs is 1. The lowest BCUT2D eigenvalue weighted by atomic mass is 10.0. The van der Waals surface area contributed by atoms with Gasteiger partial charge in [-0.1, -0.05) is 0 Å². The lowest BCUT2D eigenvalue weighted by Gasteiger charge is -2.35. The van der Waals surface area contributed by atoms with E-state index >= 15 is 4.39 Å². The fourth-order valence-corrected chi connectivity index (χ4v) is 4.46. The van der Waals surface area contributed by atoms with E-state index in [4.69, 9.17) is 4.74 Å². The second-order valence-electron chi connectivity index (χ2n) is 9.33. The van der Waals surface area contributed by atoms with Crippen LogP contribution in [-0.4, -0.2) is 69.1 Å². The van der Waals surface area contributed by atoms with Crippen molar-refractivity contribution in [3.8, 4) is 0 Å². The van der Waals surface area contributed by atoms with Crippen molar-refractivity contribution in [1.82, 2.24) is 30.2 Å². The molecule has 1 unspecified atom stereocenters. The number of ether oxygens (including phenoxy) is 2. The third kappa shape index (κ3) is 6.16. The molecule has 2 aromatic heterocycles. The van der Waals surface area contributed by atoms with Crippen molar-refractivity contribution in [2.24, 2.45) is 0 Å². The Hall–Kier alpha value is -3.43. The molecular weight excluding hydrogens is 524 g/mol. The van der Waals surface area contributed by atoms with Gasteiger partial charge in [0.05, 0.1) is 17.6 Å². The molecule has 0 bridgehead atoms. The maximum atomic E-state index is 15.1. The van der Waals surface area contributed by atoms with Crippen LogP contribution in [0.1, 0.15) is 55.9 Å². The Morgan fingerprint density at radius 1 is 1.26 bits per heavy atom. The number of nitrogens with one attached hydrogen (secondary N) is 3. The summed E-state index contributed by atoms with van der Waals surface area (Å²) in [6.45, 7) is 2.60. The normalized spacial score (nSPS) is 23.6. The van der Waals surface area contributed by atoms with Gasteiger partial charge in [-0.25, -0.2) is 22.6 Å². The number of aromatic amines is 1. The molecule has 4 rings (SSSR count). The van der Waals surface area contributed by atoms with Crippen LogP contribution >= 0.6 is 0 Å². The predicted molar refractivity (Wildman–Crippen MR) is 121 cm³/mol. The monoisotopic (exact) mass is 551 g/mol. The van der Waals surface area contributed by atoms with Gasteiger partial charge < -0.3 is 20.3 Å². The number of alkyl halides is 6. The van der Waals surface area contributed by atoms with Gasteiger partial charge in [0.1, 0.15) is 36.6 Å². The molecule has 1 saturated carbocycles. The SMILES string of the molecule is CC(C)NC(=O)O[C@@H]1CC[C@H](c2cc(NC3c4cc(COC(F)(F)F)nn4C=C(C(F)F)N3C)n[nH]2)[C@@H]1F. The summed E-state index contributed by atoms with van der Waals surface area (Å²) in [6.07, 6.45) is -10.2. The Morgan fingerprint density at radius 2 is 2.00 bits per heavy atom. The molecule has 3 heterocycles. The predicted octanol–water partition coefficient (Wildman–Crippen LogP) is 4.48. The quantitative estimate of drug-likeness (QED) is 0.415. The summed E-state index contributed by atoms with van der Waals surface area (Å²) in [6, 6.07) is 2.64. The molecule has 0 spiro atoms. The fraction of sp³-hybridized carbons (Fsp3) is 0.591. The van der Waals surface area contributed by atoms with Gasteiger partial charge in [0.2, 0.25) is 0 Å². The number of nitrogens with zero attached hydrogens (tertiary/aromatic N) is 4. The number of hydrogen-bond donors (Lipinski definition) is 3. The maximum absolute atomic E-state index is 15.1. The number of H-pyrrole nitrogens is 1. The van der Waals surface area contributed by atoms with E-state index in [1.807, 2.05) is 0 Å². The van der Waals surface area contributed by atoms with Crippen LogP contribution in [0.15, 0.2) is 17.8 Å². The highest BCUT2D eigenvalue weighted by Gasteiger charge is 2.41. The number of halogens is 6. The highest BCUT2D eigenvalue weighted by Crippen LogP contribution is 2.39. The first-order valence-electron chi connectivity index (χ1n) is 11.8. The number of alkyl carbamates (subject to hydrolysis) is 1. The average Bonchev–Trinajstić information content (AvgIpc) is 3.52. The van der Waals surface area contributed by atoms with E-state index in [0.717, 1.165) is 10.9 Å². The zero-order valence-corrected chi connectivity index (χ0v) is 20.6. The van der Waals surface area contributed by atoms with Crippen LogP contribution < -0.4 is 10.6 Å². The van der Waals surface area contributed by atoms with Gasteiger partial charge in [-0.2, -0.15) is 10.2 Å². The van der Waals surface area contributed by atoms with Crippen LogP contribution in [-0.2, 0) is 16.1 Å². The van der Waals surface area contributed by atoms with Gasteiger partial charge in [-0.05, 0) is 32.8 Å². The smallest absolute Gasteiger partial charge is 0.443 e. The lowest BCUT2D eigenvalue weighted by molar-refractivity contribution is -0.330. The molecule has 1 aliphatic heterocycles. The van der Waals surface area contributed by atoms with E-state index in [2.05, 4.69) is 30.7 Å². The molecule has 210 valence electrons. The van der Waals surface area contributed by atoms with E-state index < -0.39 is 55.5 Å². The number of carbonyl (C=O) groups excluding carboxylic acids is 1. The van der Waals surface area contributed by atoms with Crippen LogP contribution in [0.3, 0.4) is 0 Å². The Bertz CT molecular complexity index is 1160. The first-order valence-corrected chi connectivity index (χ1v) is 11.8. The number of allylic oxidation sites excluding steroid dienone is 1. The number of amides is 1. The number of carbonyl (C=O) groups is 1. The van der Waals surface area contributed by atoms with Gasteiger partial charge in [0.25, 0.3) is 6.43 Å². The number of hydrogen-bond acceptors (Lipinski definition) is 7. The van der Waals surface area contributed by atoms with Crippen LogP contribution in [0.5, 0.6) is 0 Å². The molecule has 0 radical (unpaired) electrons. The summed E-state index contributed by atoms with van der Waals surface area (Å²) in [4.78, 5) is 13.1. The Kier molecular flexibility index (Phi) is 7.80. The van der Waals surface area contributed by atoms with Gasteiger partial charge in [-0.15, -0.1) is 13.2 Å². The Labute approximate surface area is 213 Å². The molecular formula is C22H27F6N7O3. The molecule has 2 aliphatic rings. The van der Waals surface area contributed by atoms with Gasteiger partial charge in [-0.3, -0.25) is 9.84 Å². The molecule has 16 heteroatoms. The minimum atomic E-state index is -4.88. The summed E-state index contributed by atoms with van der Waals surface area (Å²) < 4.78 is 89.9. The minimum Gasteiger partial charge on any atom is -0.443 e. The first-order chi connectivity index (χ1) is 17.8. The molecule has 10 nitrogen and oxygen atoms in total. The fourth-order valence-electron chi connectivity index (χ4n) is 4.46. The summed E-state index contributed by atoms with van der Waals surface area (Å²) >= 11 is 0. The van der Waals surface area contributed by atoms with Crippen LogP contribution in [0.25, 0.3) is 6.20 Å². The third-order valence-corrected chi connectivity index (χ3v) is 6.20. The summed E-state index contributed by atoms with van der Waals surface area (Å²) in [5, 5.41) is 16.3. The van der Waals surface area contributed by atoms with Crippen molar-refractivity contribution in [3.05, 3.63) is 34.9 Å². The van der Waals surface area contributed by atoms with E-state index in [9.17, 15) is 26.7 Å². The van der Waals surface area contributed by atoms with Gasteiger partial charge in [0.15, 0.2) is 0 Å². The average molecular weight is 551 g/mol. The number of rotatable bonds is 8. The summed E-state index contributed by atoms with van der Waals surface area (Å²) in [5.74, 6) is -0.463. The zero-order chi connectivity index (χ0) is 27.8. The number of anilines is 1. The van der Waals surface area contributed by atoms with Crippen LogP contribution in [0.2, 0.25) is 0 Å². The van der Waals surface area contributed by atoms with Crippen LogP contribution in [0.4, 0.5) is 37.0 Å². The Morgan fingerprint density at radius 3 is 2.66 bits per heavy atom. The van der Waals surface area contributed by atoms with E-state index in [1.165, 1.54) is 24.1 Å². The second-order valence-corrected chi connectivity index (χ2v) is 9.33. The highest BCUT2D eigenvalue weighted by atomic mass is 19.4. The number of aromatic nitrogens is 4. The standard InChI is InChI=1S/C22H27F6N7O3/c1-10(2)29-21(36)38-16-5-4-12(18(16)23)13-7-17(32-31-13)30-20-14-6-11(9-37-22(26,27)28)33-35(14)8-15(19(24)25)34(20)3/h6-8,10,12,16,18-20H,4-5,9H2,1-3H3,(H,29,36)(H2,30,31,32)/t12-,16-,18+,20?/m1/s1. The molecule has 0 aromatic carbocycles. The summed E-state index contributed by atoms with van der Waals surface area (Å²) in [7, 11) is 1.38. The molecule has 1 amide bonds. The Balaban J connectivity index is 1.49. The zero-order valence-electron chi connectivity index (χ0n) is 20.6. The van der Waals surface area contributed by atoms with Crippen molar-refractivity contribution in [2.75, 3.05) is 12.4 Å². The molecule has 1 fully saturated rings. The second kappa shape index (κ2) is 10.7. The molecule has 2 aromatic rings. The topological polar surface area (TPSA) is 109 Å². The van der Waals surface area contributed by atoms with Crippen LogP contribution in [0, 0.1) is 0 Å². The molecule has 0 saturated heterocycles. The summed E-state index contributed by atoms with van der Waals surface area (Å²) in [5.41, 5.74) is 0.115.